The number of rotatable bonds is 5. The normalized spacial score (nSPS) is 22.5. The molecule has 5 nitrogen and oxygen atoms in total. The summed E-state index contributed by atoms with van der Waals surface area (Å²) in [7, 11) is -5.88. The van der Waals surface area contributed by atoms with E-state index in [4.69, 9.17) is 0 Å². The summed E-state index contributed by atoms with van der Waals surface area (Å²) in [6.07, 6.45) is 1.59. The number of aromatic nitrogens is 1. The number of hydrogen-bond donors (Lipinski definition) is 0. The molecular formula is C22H22F4N2O3S2. The first-order valence-corrected chi connectivity index (χ1v) is 12.6. The van der Waals surface area contributed by atoms with Gasteiger partial charge in [0.2, 0.25) is 0 Å². The van der Waals surface area contributed by atoms with Gasteiger partial charge >= 0.3 is 15.6 Å². The smallest absolute Gasteiger partial charge is 0.376 e. The Morgan fingerprint density at radius 2 is 1.76 bits per heavy atom. The molecule has 1 fully saturated rings. The Balaban J connectivity index is 1.55. The van der Waals surface area contributed by atoms with E-state index in [-0.39, 0.29) is 28.2 Å². The van der Waals surface area contributed by atoms with E-state index in [0.29, 0.717) is 11.1 Å². The number of nitrogens with zero attached hydrogens (tertiary/aromatic N) is 2. The molecule has 0 aliphatic carbocycles. The molecule has 0 spiro atoms. The van der Waals surface area contributed by atoms with Crippen LogP contribution in [-0.4, -0.2) is 35.9 Å². The molecule has 3 aromatic rings. The van der Waals surface area contributed by atoms with Crippen LogP contribution in [0.25, 0.3) is 10.2 Å². The van der Waals surface area contributed by atoms with Crippen LogP contribution in [0.4, 0.5) is 17.6 Å². The Bertz CT molecular complexity index is 1230. The summed E-state index contributed by atoms with van der Waals surface area (Å²) in [6, 6.07) is 12.3. The molecule has 0 saturated carbocycles. The van der Waals surface area contributed by atoms with Gasteiger partial charge in [-0.2, -0.15) is 21.6 Å². The van der Waals surface area contributed by atoms with Crippen molar-refractivity contribution in [3.8, 4) is 5.75 Å². The zero-order valence-electron chi connectivity index (χ0n) is 17.8. The lowest BCUT2D eigenvalue weighted by molar-refractivity contribution is -0.0500. The summed E-state index contributed by atoms with van der Waals surface area (Å²) in [6.45, 7) is 5.08. The SMILES string of the molecule is CC1CC(c2nc3c(F)cc(OS(=O)(=O)C(F)(F)F)cc3s2)CC(C)N1Cc1ccccc1. The van der Waals surface area contributed by atoms with Gasteiger partial charge in [-0.1, -0.05) is 30.3 Å². The summed E-state index contributed by atoms with van der Waals surface area (Å²) in [5, 5.41) is 0.679. The molecule has 0 bridgehead atoms. The lowest BCUT2D eigenvalue weighted by atomic mass is 9.87. The van der Waals surface area contributed by atoms with Crippen LogP contribution >= 0.6 is 11.3 Å². The maximum absolute atomic E-state index is 14.5. The van der Waals surface area contributed by atoms with Crippen molar-refractivity contribution in [2.24, 2.45) is 0 Å². The van der Waals surface area contributed by atoms with E-state index < -0.39 is 27.2 Å². The van der Waals surface area contributed by atoms with Crippen molar-refractivity contribution in [3.63, 3.8) is 0 Å². The van der Waals surface area contributed by atoms with Gasteiger partial charge in [0.25, 0.3) is 0 Å². The van der Waals surface area contributed by atoms with Gasteiger partial charge < -0.3 is 4.18 Å². The van der Waals surface area contributed by atoms with E-state index >= 15 is 0 Å². The van der Waals surface area contributed by atoms with Crippen molar-refractivity contribution in [3.05, 3.63) is 58.9 Å². The molecule has 4 rings (SSSR count). The highest BCUT2D eigenvalue weighted by Crippen LogP contribution is 2.40. The number of halogens is 4. The second kappa shape index (κ2) is 8.84. The van der Waals surface area contributed by atoms with E-state index in [1.165, 1.54) is 5.56 Å². The standard InChI is InChI=1S/C22H22F4N2O3S2/c1-13-8-16(9-14(2)28(13)12-15-6-4-3-5-7-15)21-27-20-18(23)10-17(11-19(20)32-21)31-33(29,30)22(24,25)26/h3-7,10-11,13-14,16H,8-9,12H2,1-2H3. The largest absolute Gasteiger partial charge is 0.534 e. The summed E-state index contributed by atoms with van der Waals surface area (Å²) < 4.78 is 79.2. The summed E-state index contributed by atoms with van der Waals surface area (Å²) in [5.41, 5.74) is -4.38. The van der Waals surface area contributed by atoms with Gasteiger partial charge in [-0.25, -0.2) is 9.37 Å². The van der Waals surface area contributed by atoms with Crippen LogP contribution in [-0.2, 0) is 16.7 Å². The van der Waals surface area contributed by atoms with Crippen LogP contribution in [0.1, 0.15) is 43.2 Å². The van der Waals surface area contributed by atoms with E-state index in [9.17, 15) is 26.0 Å². The molecule has 33 heavy (non-hydrogen) atoms. The van der Waals surface area contributed by atoms with Gasteiger partial charge in [-0.05, 0) is 32.3 Å². The zero-order valence-corrected chi connectivity index (χ0v) is 19.5. The molecule has 1 aromatic heterocycles. The van der Waals surface area contributed by atoms with Gasteiger partial charge in [0, 0.05) is 36.7 Å². The van der Waals surface area contributed by atoms with Crippen LogP contribution in [0.3, 0.4) is 0 Å². The predicted molar refractivity (Wildman–Crippen MR) is 118 cm³/mol. The Hall–Kier alpha value is -2.24. The highest BCUT2D eigenvalue weighted by Gasteiger charge is 2.48. The van der Waals surface area contributed by atoms with E-state index in [2.05, 4.69) is 40.0 Å². The molecule has 1 aliphatic heterocycles. The lowest BCUT2D eigenvalue weighted by Gasteiger charge is -2.42. The molecule has 1 saturated heterocycles. The quantitative estimate of drug-likeness (QED) is 0.250. The average Bonchev–Trinajstić information content (AvgIpc) is 3.15. The molecule has 2 aromatic carbocycles. The molecule has 178 valence electrons. The number of likely N-dealkylation sites (tertiary alicyclic amines) is 1. The first-order chi connectivity index (χ1) is 15.4. The monoisotopic (exact) mass is 502 g/mol. The summed E-state index contributed by atoms with van der Waals surface area (Å²) in [4.78, 5) is 6.81. The summed E-state index contributed by atoms with van der Waals surface area (Å²) >= 11 is 1.15. The highest BCUT2D eigenvalue weighted by molar-refractivity contribution is 7.88. The Kier molecular flexibility index (Phi) is 6.41. The van der Waals surface area contributed by atoms with E-state index in [0.717, 1.165) is 36.8 Å². The topological polar surface area (TPSA) is 59.5 Å². The number of thiazole rings is 1. The van der Waals surface area contributed by atoms with Gasteiger partial charge in [-0.15, -0.1) is 11.3 Å². The lowest BCUT2D eigenvalue weighted by Crippen LogP contribution is -2.45. The third-order valence-corrected chi connectivity index (χ3v) is 8.01. The Morgan fingerprint density at radius 1 is 1.12 bits per heavy atom. The van der Waals surface area contributed by atoms with Crippen LogP contribution in [0.2, 0.25) is 0 Å². The van der Waals surface area contributed by atoms with Crippen molar-refractivity contribution in [2.75, 3.05) is 0 Å². The molecular weight excluding hydrogens is 480 g/mol. The Morgan fingerprint density at radius 3 is 2.36 bits per heavy atom. The van der Waals surface area contributed by atoms with E-state index in [1.54, 1.807) is 0 Å². The number of benzene rings is 2. The summed E-state index contributed by atoms with van der Waals surface area (Å²) in [5.74, 6) is -1.60. The first kappa shape index (κ1) is 23.9. The van der Waals surface area contributed by atoms with Crippen molar-refractivity contribution < 1.29 is 30.2 Å². The maximum atomic E-state index is 14.5. The second-order valence-corrected chi connectivity index (χ2v) is 10.9. The van der Waals surface area contributed by atoms with Crippen LogP contribution in [0.5, 0.6) is 5.75 Å². The van der Waals surface area contributed by atoms with Gasteiger partial charge in [0.15, 0.2) is 5.82 Å². The number of fused-ring (bicyclic) bond motifs is 1. The van der Waals surface area contributed by atoms with Gasteiger partial charge in [0.05, 0.1) is 9.71 Å². The van der Waals surface area contributed by atoms with Crippen LogP contribution < -0.4 is 4.18 Å². The fourth-order valence-electron chi connectivity index (χ4n) is 4.31. The van der Waals surface area contributed by atoms with Crippen LogP contribution in [0.15, 0.2) is 42.5 Å². The first-order valence-electron chi connectivity index (χ1n) is 10.3. The van der Waals surface area contributed by atoms with Crippen molar-refractivity contribution in [2.45, 2.75) is 56.7 Å². The highest BCUT2D eigenvalue weighted by atomic mass is 32.2. The average molecular weight is 503 g/mol. The van der Waals surface area contributed by atoms with Crippen molar-refractivity contribution in [1.29, 1.82) is 0 Å². The number of alkyl halides is 3. The molecule has 11 heteroatoms. The third-order valence-electron chi connectivity index (χ3n) is 5.87. The fraction of sp³-hybridized carbons (Fsp3) is 0.409. The zero-order chi connectivity index (χ0) is 24.0. The molecule has 2 atom stereocenters. The van der Waals surface area contributed by atoms with Gasteiger partial charge in [0.1, 0.15) is 11.3 Å². The van der Waals surface area contributed by atoms with E-state index in [1.807, 2.05) is 18.2 Å². The minimum absolute atomic E-state index is 0.00113. The van der Waals surface area contributed by atoms with Crippen molar-refractivity contribution in [1.82, 2.24) is 9.88 Å². The van der Waals surface area contributed by atoms with Crippen LogP contribution in [0, 0.1) is 5.82 Å². The van der Waals surface area contributed by atoms with Gasteiger partial charge in [-0.3, -0.25) is 4.90 Å². The second-order valence-electron chi connectivity index (χ2n) is 8.31. The third kappa shape index (κ3) is 4.99. The fourth-order valence-corrected chi connectivity index (χ4v) is 5.89. The minimum atomic E-state index is -5.88. The molecule has 0 amide bonds. The number of piperidine rings is 1. The molecule has 0 N–H and O–H groups in total. The molecule has 2 unspecified atom stereocenters. The number of hydrogen-bond acceptors (Lipinski definition) is 6. The predicted octanol–water partition coefficient (Wildman–Crippen LogP) is 5.82. The Labute approximate surface area is 193 Å². The molecule has 1 aliphatic rings. The minimum Gasteiger partial charge on any atom is -0.376 e. The maximum Gasteiger partial charge on any atom is 0.534 e. The molecule has 2 heterocycles. The molecule has 0 radical (unpaired) electrons. The van der Waals surface area contributed by atoms with Crippen molar-refractivity contribution >= 4 is 31.7 Å².